The number of ether oxygens (including phenoxy) is 4. The molecule has 1 unspecified atom stereocenters. The van der Waals surface area contributed by atoms with Gasteiger partial charge in [-0.05, 0) is 12.8 Å². The van der Waals surface area contributed by atoms with Gasteiger partial charge in [0.05, 0.1) is 27.7 Å². The summed E-state index contributed by atoms with van der Waals surface area (Å²) in [4.78, 5) is 12.1. The third-order valence-corrected chi connectivity index (χ3v) is 4.54. The Bertz CT molecular complexity index is 978. The zero-order chi connectivity index (χ0) is 19.7. The number of anilines is 2. The number of nitrogens with one attached hydrogen (secondary N) is 1. The molecule has 0 radical (unpaired) electrons. The van der Waals surface area contributed by atoms with Gasteiger partial charge in [0, 0.05) is 24.4 Å². The molecule has 1 aliphatic heterocycles. The largest absolute Gasteiger partial charge is 0.493 e. The van der Waals surface area contributed by atoms with E-state index in [-0.39, 0.29) is 12.0 Å². The fraction of sp³-hybridized carbons (Fsp3) is 0.389. The van der Waals surface area contributed by atoms with E-state index >= 15 is 0 Å². The number of hydrogen-bond donors (Lipinski definition) is 1. The Kier molecular flexibility index (Phi) is 4.86. The van der Waals surface area contributed by atoms with Crippen molar-refractivity contribution in [3.8, 4) is 17.2 Å². The topological polar surface area (TPSA) is 92.6 Å². The van der Waals surface area contributed by atoms with Crippen molar-refractivity contribution in [3.05, 3.63) is 24.5 Å². The summed E-state index contributed by atoms with van der Waals surface area (Å²) in [6.45, 7) is 0.661. The highest BCUT2D eigenvalue weighted by Gasteiger charge is 2.23. The SMILES string of the molecule is COc1cc(Nc2nc(F)nc3c2ncn3C2CCCO2)cc(OC)c1OC. The van der Waals surface area contributed by atoms with Gasteiger partial charge in [-0.1, -0.05) is 0 Å². The molecular formula is C18H20FN5O4. The summed E-state index contributed by atoms with van der Waals surface area (Å²) in [6, 6.07) is 3.40. The minimum atomic E-state index is -0.859. The maximum atomic E-state index is 14.1. The molecule has 148 valence electrons. The van der Waals surface area contributed by atoms with Crippen molar-refractivity contribution in [3.63, 3.8) is 0 Å². The Hall–Kier alpha value is -3.14. The second-order valence-electron chi connectivity index (χ2n) is 6.17. The molecule has 1 atom stereocenters. The third kappa shape index (κ3) is 3.15. The van der Waals surface area contributed by atoms with Crippen LogP contribution in [0.15, 0.2) is 18.5 Å². The number of hydrogen-bond acceptors (Lipinski definition) is 8. The molecule has 0 bridgehead atoms. The van der Waals surface area contributed by atoms with Crippen LogP contribution in [-0.2, 0) is 4.74 Å². The molecule has 1 N–H and O–H groups in total. The maximum Gasteiger partial charge on any atom is 0.312 e. The highest BCUT2D eigenvalue weighted by molar-refractivity contribution is 5.85. The molecule has 0 saturated carbocycles. The van der Waals surface area contributed by atoms with Crippen molar-refractivity contribution in [1.29, 1.82) is 0 Å². The lowest BCUT2D eigenvalue weighted by Gasteiger charge is -2.15. The quantitative estimate of drug-likeness (QED) is 0.643. The van der Waals surface area contributed by atoms with Crippen molar-refractivity contribution in [2.45, 2.75) is 19.1 Å². The molecule has 3 heterocycles. The van der Waals surface area contributed by atoms with Gasteiger partial charge in [-0.3, -0.25) is 4.57 Å². The second-order valence-corrected chi connectivity index (χ2v) is 6.17. The van der Waals surface area contributed by atoms with Crippen molar-refractivity contribution in [1.82, 2.24) is 19.5 Å². The lowest BCUT2D eigenvalue weighted by atomic mass is 10.2. The monoisotopic (exact) mass is 389 g/mol. The van der Waals surface area contributed by atoms with Gasteiger partial charge in [-0.2, -0.15) is 14.4 Å². The van der Waals surface area contributed by atoms with Gasteiger partial charge in [0.25, 0.3) is 0 Å². The van der Waals surface area contributed by atoms with Crippen molar-refractivity contribution < 1.29 is 23.3 Å². The van der Waals surface area contributed by atoms with Gasteiger partial charge in [0.15, 0.2) is 28.5 Å². The number of aromatic nitrogens is 4. The lowest BCUT2D eigenvalue weighted by Crippen LogP contribution is -2.08. The van der Waals surface area contributed by atoms with Crippen LogP contribution >= 0.6 is 0 Å². The summed E-state index contributed by atoms with van der Waals surface area (Å²) in [5, 5.41) is 3.07. The van der Waals surface area contributed by atoms with Crippen LogP contribution in [0.25, 0.3) is 11.2 Å². The lowest BCUT2D eigenvalue weighted by molar-refractivity contribution is 0.0592. The molecule has 1 fully saturated rings. The third-order valence-electron chi connectivity index (χ3n) is 4.54. The Morgan fingerprint density at radius 3 is 2.50 bits per heavy atom. The fourth-order valence-corrected chi connectivity index (χ4v) is 3.26. The molecule has 4 rings (SSSR count). The minimum Gasteiger partial charge on any atom is -0.493 e. The van der Waals surface area contributed by atoms with E-state index in [2.05, 4.69) is 20.3 Å². The summed E-state index contributed by atoms with van der Waals surface area (Å²) in [5.74, 6) is 1.60. The van der Waals surface area contributed by atoms with Crippen LogP contribution in [0.1, 0.15) is 19.1 Å². The molecule has 1 aliphatic rings. The molecule has 0 amide bonds. The number of methoxy groups -OCH3 is 3. The molecule has 10 heteroatoms. The Balaban J connectivity index is 1.76. The van der Waals surface area contributed by atoms with Crippen LogP contribution in [0.4, 0.5) is 15.9 Å². The molecule has 28 heavy (non-hydrogen) atoms. The van der Waals surface area contributed by atoms with Gasteiger partial charge in [0.2, 0.25) is 5.75 Å². The molecular weight excluding hydrogens is 369 g/mol. The van der Waals surface area contributed by atoms with Gasteiger partial charge in [0.1, 0.15) is 6.23 Å². The van der Waals surface area contributed by atoms with Crippen LogP contribution in [0, 0.1) is 6.08 Å². The first-order valence-corrected chi connectivity index (χ1v) is 8.73. The van der Waals surface area contributed by atoms with E-state index in [1.807, 2.05) is 0 Å². The molecule has 1 saturated heterocycles. The molecule has 1 aromatic carbocycles. The maximum absolute atomic E-state index is 14.1. The summed E-state index contributed by atoms with van der Waals surface area (Å²) < 4.78 is 37.6. The average Bonchev–Trinajstić information content (AvgIpc) is 3.36. The van der Waals surface area contributed by atoms with E-state index in [0.29, 0.717) is 40.7 Å². The number of halogens is 1. The van der Waals surface area contributed by atoms with Crippen LogP contribution in [-0.4, -0.2) is 47.5 Å². The molecule has 3 aromatic rings. The predicted octanol–water partition coefficient (Wildman–Crippen LogP) is 3.04. The summed E-state index contributed by atoms with van der Waals surface area (Å²) in [7, 11) is 4.56. The van der Waals surface area contributed by atoms with E-state index < -0.39 is 6.08 Å². The molecule has 0 spiro atoms. The predicted molar refractivity (Wildman–Crippen MR) is 98.9 cm³/mol. The van der Waals surface area contributed by atoms with Gasteiger partial charge >= 0.3 is 6.08 Å². The molecule has 0 aliphatic carbocycles. The first kappa shape index (κ1) is 18.2. The first-order chi connectivity index (χ1) is 13.6. The van der Waals surface area contributed by atoms with E-state index in [1.165, 1.54) is 21.3 Å². The number of benzene rings is 1. The summed E-state index contributed by atoms with van der Waals surface area (Å²) in [5.41, 5.74) is 1.38. The zero-order valence-electron chi connectivity index (χ0n) is 15.7. The minimum absolute atomic E-state index is 0.201. The molecule has 2 aromatic heterocycles. The van der Waals surface area contributed by atoms with E-state index in [0.717, 1.165) is 12.8 Å². The average molecular weight is 389 g/mol. The van der Waals surface area contributed by atoms with Gasteiger partial charge < -0.3 is 24.3 Å². The van der Waals surface area contributed by atoms with E-state index in [1.54, 1.807) is 23.0 Å². The van der Waals surface area contributed by atoms with Crippen LogP contribution in [0.3, 0.4) is 0 Å². The van der Waals surface area contributed by atoms with Crippen molar-refractivity contribution >= 4 is 22.7 Å². The first-order valence-electron chi connectivity index (χ1n) is 8.73. The standard InChI is InChI=1S/C18H20FN5O4/c1-25-11-7-10(8-12(26-2)15(11)27-3)21-16-14-17(23-18(19)22-16)24(9-20-14)13-5-4-6-28-13/h7-9,13H,4-6H2,1-3H3,(H,21,22,23). The summed E-state index contributed by atoms with van der Waals surface area (Å²) in [6.07, 6.45) is 2.30. The number of rotatable bonds is 6. The summed E-state index contributed by atoms with van der Waals surface area (Å²) >= 11 is 0. The Morgan fingerprint density at radius 2 is 1.89 bits per heavy atom. The van der Waals surface area contributed by atoms with Gasteiger partial charge in [-0.25, -0.2) is 4.98 Å². The van der Waals surface area contributed by atoms with E-state index in [4.69, 9.17) is 18.9 Å². The Labute approximate surface area is 160 Å². The number of fused-ring (bicyclic) bond motifs is 1. The normalized spacial score (nSPS) is 16.4. The Morgan fingerprint density at radius 1 is 1.14 bits per heavy atom. The fourth-order valence-electron chi connectivity index (χ4n) is 3.26. The van der Waals surface area contributed by atoms with Crippen LogP contribution in [0.5, 0.6) is 17.2 Å². The second kappa shape index (κ2) is 7.47. The highest BCUT2D eigenvalue weighted by Crippen LogP contribution is 2.41. The number of imidazole rings is 1. The highest BCUT2D eigenvalue weighted by atomic mass is 19.1. The molecule has 9 nitrogen and oxygen atoms in total. The zero-order valence-corrected chi connectivity index (χ0v) is 15.7. The van der Waals surface area contributed by atoms with Gasteiger partial charge in [-0.15, -0.1) is 0 Å². The number of nitrogens with zero attached hydrogens (tertiary/aromatic N) is 4. The van der Waals surface area contributed by atoms with Crippen LogP contribution < -0.4 is 19.5 Å². The van der Waals surface area contributed by atoms with Crippen LogP contribution in [0.2, 0.25) is 0 Å². The van der Waals surface area contributed by atoms with E-state index in [9.17, 15) is 4.39 Å². The smallest absolute Gasteiger partial charge is 0.312 e. The van der Waals surface area contributed by atoms with Crippen molar-refractivity contribution in [2.24, 2.45) is 0 Å². The van der Waals surface area contributed by atoms with Crippen molar-refractivity contribution in [2.75, 3.05) is 33.3 Å².